The number of phenols is 1. The van der Waals surface area contributed by atoms with Crippen molar-refractivity contribution in [3.63, 3.8) is 0 Å². The van der Waals surface area contributed by atoms with E-state index < -0.39 is 0 Å². The smallest absolute Gasteiger partial charge is 0.120 e. The summed E-state index contributed by atoms with van der Waals surface area (Å²) in [4.78, 5) is 2.20. The lowest BCUT2D eigenvalue weighted by atomic mass is 10.1. The first kappa shape index (κ1) is 13.3. The Morgan fingerprint density at radius 1 is 1.11 bits per heavy atom. The first-order valence-corrected chi connectivity index (χ1v) is 6.49. The molecule has 0 aromatic heterocycles. The molecule has 0 aliphatic rings. The van der Waals surface area contributed by atoms with E-state index in [4.69, 9.17) is 5.73 Å². The maximum Gasteiger partial charge on any atom is 0.120 e. The second-order valence-electron chi connectivity index (χ2n) is 4.74. The Kier molecular flexibility index (Phi) is 3.95. The zero-order valence-corrected chi connectivity index (χ0v) is 11.4. The fourth-order valence-electron chi connectivity index (χ4n) is 2.08. The van der Waals surface area contributed by atoms with Gasteiger partial charge in [0.25, 0.3) is 0 Å². The third kappa shape index (κ3) is 3.19. The molecular weight excluding hydrogens is 236 g/mol. The summed E-state index contributed by atoms with van der Waals surface area (Å²) in [7, 11) is 0. The predicted molar refractivity (Wildman–Crippen MR) is 80.4 cm³/mol. The van der Waals surface area contributed by atoms with Gasteiger partial charge in [-0.3, -0.25) is 0 Å². The van der Waals surface area contributed by atoms with E-state index in [0.29, 0.717) is 18.0 Å². The summed E-state index contributed by atoms with van der Waals surface area (Å²) in [6.45, 7) is 5.70. The van der Waals surface area contributed by atoms with Crippen LogP contribution < -0.4 is 10.6 Å². The lowest BCUT2D eigenvalue weighted by molar-refractivity contribution is 0.467. The third-order valence-electron chi connectivity index (χ3n) is 3.25. The highest BCUT2D eigenvalue weighted by Gasteiger charge is 2.08. The number of nitrogen functional groups attached to an aromatic ring is 1. The predicted octanol–water partition coefficient (Wildman–Crippen LogP) is 3.31. The van der Waals surface area contributed by atoms with Crippen LogP contribution in [0.5, 0.6) is 5.75 Å². The van der Waals surface area contributed by atoms with E-state index in [0.717, 1.165) is 17.8 Å². The molecule has 0 atom stereocenters. The molecule has 0 spiro atoms. The van der Waals surface area contributed by atoms with Crippen LogP contribution in [0.1, 0.15) is 18.1 Å². The summed E-state index contributed by atoms with van der Waals surface area (Å²) in [5.74, 6) is 0.291. The van der Waals surface area contributed by atoms with E-state index in [-0.39, 0.29) is 0 Å². The Labute approximate surface area is 114 Å². The molecule has 0 radical (unpaired) electrons. The normalized spacial score (nSPS) is 10.4. The van der Waals surface area contributed by atoms with Crippen LogP contribution in [0.25, 0.3) is 0 Å². The van der Waals surface area contributed by atoms with Gasteiger partial charge in [-0.2, -0.15) is 0 Å². The van der Waals surface area contributed by atoms with Crippen LogP contribution >= 0.6 is 0 Å². The van der Waals surface area contributed by atoms with Gasteiger partial charge in [0.2, 0.25) is 0 Å². The maximum absolute atomic E-state index is 9.89. The molecule has 19 heavy (non-hydrogen) atoms. The van der Waals surface area contributed by atoms with Crippen LogP contribution in [0.3, 0.4) is 0 Å². The fraction of sp³-hybridized carbons (Fsp3) is 0.250. The van der Waals surface area contributed by atoms with Crippen molar-refractivity contribution in [1.82, 2.24) is 0 Å². The molecule has 0 fully saturated rings. The minimum atomic E-state index is 0.291. The standard InChI is InChI=1S/C16H20N2O/c1-3-18(15-7-4-12(2)5-8-15)11-13-10-14(17)6-9-16(13)19/h4-10,19H,3,11,17H2,1-2H3. The first-order valence-electron chi connectivity index (χ1n) is 6.49. The van der Waals surface area contributed by atoms with E-state index in [9.17, 15) is 5.11 Å². The zero-order chi connectivity index (χ0) is 13.8. The van der Waals surface area contributed by atoms with Crippen molar-refractivity contribution in [2.75, 3.05) is 17.2 Å². The number of nitrogens with two attached hydrogens (primary N) is 1. The van der Waals surface area contributed by atoms with Crippen molar-refractivity contribution in [1.29, 1.82) is 0 Å². The highest BCUT2D eigenvalue weighted by atomic mass is 16.3. The van der Waals surface area contributed by atoms with E-state index in [1.165, 1.54) is 5.56 Å². The molecule has 0 saturated heterocycles. The summed E-state index contributed by atoms with van der Waals surface area (Å²) in [6.07, 6.45) is 0. The maximum atomic E-state index is 9.89. The molecular formula is C16H20N2O. The van der Waals surface area contributed by atoms with Gasteiger partial charge < -0.3 is 15.7 Å². The Bertz CT molecular complexity index is 549. The van der Waals surface area contributed by atoms with Crippen molar-refractivity contribution < 1.29 is 5.11 Å². The van der Waals surface area contributed by atoms with Crippen molar-refractivity contribution in [3.8, 4) is 5.75 Å². The SMILES string of the molecule is CCN(Cc1cc(N)ccc1O)c1ccc(C)cc1. The van der Waals surface area contributed by atoms with Gasteiger partial charge in [-0.1, -0.05) is 17.7 Å². The average molecular weight is 256 g/mol. The Balaban J connectivity index is 2.23. The molecule has 0 bridgehead atoms. The van der Waals surface area contributed by atoms with Crippen LogP contribution in [0.2, 0.25) is 0 Å². The van der Waals surface area contributed by atoms with Crippen molar-refractivity contribution in [3.05, 3.63) is 53.6 Å². The van der Waals surface area contributed by atoms with Gasteiger partial charge in [-0.25, -0.2) is 0 Å². The Hall–Kier alpha value is -2.16. The van der Waals surface area contributed by atoms with Crippen LogP contribution in [0.15, 0.2) is 42.5 Å². The average Bonchev–Trinajstić information content (AvgIpc) is 2.41. The fourth-order valence-corrected chi connectivity index (χ4v) is 2.08. The molecule has 3 nitrogen and oxygen atoms in total. The van der Waals surface area contributed by atoms with E-state index >= 15 is 0 Å². The summed E-state index contributed by atoms with van der Waals surface area (Å²) in [5, 5.41) is 9.89. The molecule has 0 amide bonds. The number of hydrogen-bond acceptors (Lipinski definition) is 3. The Morgan fingerprint density at radius 2 is 1.79 bits per heavy atom. The lowest BCUT2D eigenvalue weighted by Gasteiger charge is -2.24. The number of aromatic hydroxyl groups is 1. The van der Waals surface area contributed by atoms with Crippen molar-refractivity contribution >= 4 is 11.4 Å². The summed E-state index contributed by atoms with van der Waals surface area (Å²) >= 11 is 0. The van der Waals surface area contributed by atoms with E-state index in [1.807, 2.05) is 6.07 Å². The number of phenolic OH excluding ortho intramolecular Hbond substituents is 1. The number of aryl methyl sites for hydroxylation is 1. The first-order chi connectivity index (χ1) is 9.10. The van der Waals surface area contributed by atoms with Gasteiger partial charge >= 0.3 is 0 Å². The van der Waals surface area contributed by atoms with Crippen LogP contribution in [0.4, 0.5) is 11.4 Å². The van der Waals surface area contributed by atoms with Crippen LogP contribution in [-0.2, 0) is 6.54 Å². The highest BCUT2D eigenvalue weighted by molar-refractivity contribution is 5.52. The van der Waals surface area contributed by atoms with Crippen molar-refractivity contribution in [2.24, 2.45) is 0 Å². The minimum Gasteiger partial charge on any atom is -0.508 e. The summed E-state index contributed by atoms with van der Waals surface area (Å²) < 4.78 is 0. The van der Waals surface area contributed by atoms with Crippen LogP contribution in [-0.4, -0.2) is 11.7 Å². The summed E-state index contributed by atoms with van der Waals surface area (Å²) in [6, 6.07) is 13.6. The van der Waals surface area contributed by atoms with Gasteiger partial charge in [0.1, 0.15) is 5.75 Å². The highest BCUT2D eigenvalue weighted by Crippen LogP contribution is 2.24. The number of rotatable bonds is 4. The molecule has 2 aromatic rings. The van der Waals surface area contributed by atoms with E-state index in [2.05, 4.69) is 43.0 Å². The second kappa shape index (κ2) is 5.65. The van der Waals surface area contributed by atoms with Gasteiger partial charge in [0.15, 0.2) is 0 Å². The summed E-state index contributed by atoms with van der Waals surface area (Å²) in [5.41, 5.74) is 9.69. The molecule has 100 valence electrons. The van der Waals surface area contributed by atoms with Crippen LogP contribution in [0, 0.1) is 6.92 Å². The third-order valence-corrected chi connectivity index (χ3v) is 3.25. The minimum absolute atomic E-state index is 0.291. The van der Waals surface area contributed by atoms with Crippen molar-refractivity contribution in [2.45, 2.75) is 20.4 Å². The molecule has 3 heteroatoms. The monoisotopic (exact) mass is 256 g/mol. The second-order valence-corrected chi connectivity index (χ2v) is 4.74. The number of hydrogen-bond donors (Lipinski definition) is 2. The molecule has 0 aliphatic carbocycles. The van der Waals surface area contributed by atoms with Gasteiger partial charge in [0.05, 0.1) is 0 Å². The molecule has 0 unspecified atom stereocenters. The number of anilines is 2. The van der Waals surface area contributed by atoms with E-state index in [1.54, 1.807) is 12.1 Å². The molecule has 3 N–H and O–H groups in total. The Morgan fingerprint density at radius 3 is 2.42 bits per heavy atom. The molecule has 0 heterocycles. The number of benzene rings is 2. The van der Waals surface area contributed by atoms with Gasteiger partial charge in [0, 0.05) is 30.0 Å². The zero-order valence-electron chi connectivity index (χ0n) is 11.4. The molecule has 2 aromatic carbocycles. The molecule has 0 saturated carbocycles. The van der Waals surface area contributed by atoms with Gasteiger partial charge in [-0.05, 0) is 44.2 Å². The lowest BCUT2D eigenvalue weighted by Crippen LogP contribution is -2.22. The topological polar surface area (TPSA) is 49.5 Å². The molecule has 0 aliphatic heterocycles. The molecule has 2 rings (SSSR count). The van der Waals surface area contributed by atoms with Gasteiger partial charge in [-0.15, -0.1) is 0 Å². The number of nitrogens with zero attached hydrogens (tertiary/aromatic N) is 1. The quantitative estimate of drug-likeness (QED) is 0.651. The largest absolute Gasteiger partial charge is 0.508 e.